The third-order valence-corrected chi connectivity index (χ3v) is 4.93. The highest BCUT2D eigenvalue weighted by atomic mass is 35.5. The van der Waals surface area contributed by atoms with E-state index in [0.717, 1.165) is 21.3 Å². The Kier molecular flexibility index (Phi) is 4.71. The Morgan fingerprint density at radius 1 is 1.17 bits per heavy atom. The van der Waals surface area contributed by atoms with E-state index in [2.05, 4.69) is 15.6 Å². The molecule has 0 saturated carbocycles. The summed E-state index contributed by atoms with van der Waals surface area (Å²) >= 11 is 13.3. The molecule has 2 aromatic carbocycles. The zero-order valence-electron chi connectivity index (χ0n) is 12.2. The van der Waals surface area contributed by atoms with Crippen LogP contribution < -0.4 is 10.6 Å². The molecule has 0 aliphatic heterocycles. The van der Waals surface area contributed by atoms with Crippen molar-refractivity contribution in [3.8, 4) is 0 Å². The number of hydrogen-bond acceptors (Lipinski definition) is 3. The Morgan fingerprint density at radius 2 is 1.91 bits per heavy atom. The number of aromatic nitrogens is 1. The molecule has 3 rings (SSSR count). The van der Waals surface area contributed by atoms with Crippen molar-refractivity contribution in [1.29, 1.82) is 0 Å². The first-order valence-electron chi connectivity index (χ1n) is 6.88. The topological polar surface area (TPSA) is 54.0 Å². The Balaban J connectivity index is 1.66. The van der Waals surface area contributed by atoms with E-state index in [0.29, 0.717) is 21.7 Å². The summed E-state index contributed by atoms with van der Waals surface area (Å²) in [5, 5.41) is 7.41. The molecule has 1 aromatic heterocycles. The van der Waals surface area contributed by atoms with Gasteiger partial charge in [-0.25, -0.2) is 9.78 Å². The van der Waals surface area contributed by atoms with Gasteiger partial charge in [0.1, 0.15) is 0 Å². The lowest BCUT2D eigenvalue weighted by molar-refractivity contribution is 0.251. The number of carbonyl (C=O) groups excluding carboxylic acids is 1. The first-order valence-corrected chi connectivity index (χ1v) is 8.45. The summed E-state index contributed by atoms with van der Waals surface area (Å²) in [5.74, 6) is 0. The Bertz CT molecular complexity index is 862. The second-order valence-corrected chi connectivity index (χ2v) is 6.85. The van der Waals surface area contributed by atoms with Gasteiger partial charge in [0.25, 0.3) is 0 Å². The molecule has 2 N–H and O–H groups in total. The molecule has 0 aliphatic carbocycles. The van der Waals surface area contributed by atoms with E-state index in [1.54, 1.807) is 12.1 Å². The van der Waals surface area contributed by atoms with Crippen molar-refractivity contribution >= 4 is 55.9 Å². The standard InChI is InChI=1S/C16H13Cl2N3OS/c1-9-12(18)6-7-13-14(9)20-16(23-13)21-15(22)19-8-10-2-4-11(17)5-3-10/h2-7H,8H2,1H3,(H2,19,20,21,22). The van der Waals surface area contributed by atoms with Gasteiger partial charge in [0.15, 0.2) is 5.13 Å². The van der Waals surface area contributed by atoms with E-state index in [1.165, 1.54) is 11.3 Å². The van der Waals surface area contributed by atoms with E-state index in [1.807, 2.05) is 31.2 Å². The number of carbonyl (C=O) groups is 1. The lowest BCUT2D eigenvalue weighted by Gasteiger charge is -2.05. The van der Waals surface area contributed by atoms with E-state index in [9.17, 15) is 4.79 Å². The molecule has 0 unspecified atom stereocenters. The normalized spacial score (nSPS) is 10.7. The largest absolute Gasteiger partial charge is 0.334 e. The Hall–Kier alpha value is -1.82. The van der Waals surface area contributed by atoms with E-state index in [-0.39, 0.29) is 6.03 Å². The van der Waals surface area contributed by atoms with Gasteiger partial charge in [-0.3, -0.25) is 5.32 Å². The fourth-order valence-corrected chi connectivity index (χ4v) is 3.28. The zero-order chi connectivity index (χ0) is 16.4. The number of aryl methyl sites for hydroxylation is 1. The van der Waals surface area contributed by atoms with Crippen molar-refractivity contribution in [2.24, 2.45) is 0 Å². The van der Waals surface area contributed by atoms with Crippen LogP contribution in [-0.2, 0) is 6.54 Å². The number of anilines is 1. The number of halogens is 2. The summed E-state index contributed by atoms with van der Waals surface area (Å²) in [4.78, 5) is 16.4. The fourth-order valence-electron chi connectivity index (χ4n) is 2.08. The van der Waals surface area contributed by atoms with Crippen LogP contribution in [0.5, 0.6) is 0 Å². The molecular weight excluding hydrogens is 353 g/mol. The number of hydrogen-bond donors (Lipinski definition) is 2. The zero-order valence-corrected chi connectivity index (χ0v) is 14.5. The number of urea groups is 1. The summed E-state index contributed by atoms with van der Waals surface area (Å²) in [6, 6.07) is 10.7. The van der Waals surface area contributed by atoms with Crippen molar-refractivity contribution in [2.75, 3.05) is 5.32 Å². The number of nitrogens with zero attached hydrogens (tertiary/aromatic N) is 1. The maximum absolute atomic E-state index is 12.0. The number of benzene rings is 2. The first kappa shape index (κ1) is 16.1. The highest BCUT2D eigenvalue weighted by Gasteiger charge is 2.10. The quantitative estimate of drug-likeness (QED) is 0.667. The summed E-state index contributed by atoms with van der Waals surface area (Å²) < 4.78 is 0.986. The minimum absolute atomic E-state index is 0.303. The molecule has 3 aromatic rings. The monoisotopic (exact) mass is 365 g/mol. The lowest BCUT2D eigenvalue weighted by Crippen LogP contribution is -2.28. The first-order chi connectivity index (χ1) is 11.0. The summed E-state index contributed by atoms with van der Waals surface area (Å²) in [6.07, 6.45) is 0. The van der Waals surface area contributed by atoms with Gasteiger partial charge < -0.3 is 5.32 Å². The third-order valence-electron chi connectivity index (χ3n) is 3.33. The SMILES string of the molecule is Cc1c(Cl)ccc2sc(NC(=O)NCc3ccc(Cl)cc3)nc12. The number of nitrogens with one attached hydrogen (secondary N) is 2. The van der Waals surface area contributed by atoms with Gasteiger partial charge in [0, 0.05) is 16.6 Å². The van der Waals surface area contributed by atoms with Crippen LogP contribution in [0.25, 0.3) is 10.2 Å². The molecule has 118 valence electrons. The molecule has 0 spiro atoms. The molecule has 23 heavy (non-hydrogen) atoms. The predicted molar refractivity (Wildman–Crippen MR) is 96.7 cm³/mol. The van der Waals surface area contributed by atoms with Gasteiger partial charge in [-0.05, 0) is 42.3 Å². The lowest BCUT2D eigenvalue weighted by atomic mass is 10.2. The number of thiazole rings is 1. The predicted octanol–water partition coefficient (Wildman–Crippen LogP) is 5.23. The van der Waals surface area contributed by atoms with Crippen molar-refractivity contribution in [3.63, 3.8) is 0 Å². The van der Waals surface area contributed by atoms with Gasteiger partial charge in [-0.2, -0.15) is 0 Å². The molecule has 4 nitrogen and oxygen atoms in total. The van der Waals surface area contributed by atoms with Crippen LogP contribution in [0.2, 0.25) is 10.0 Å². The summed E-state index contributed by atoms with van der Waals surface area (Å²) in [6.45, 7) is 2.33. The number of amides is 2. The van der Waals surface area contributed by atoms with Gasteiger partial charge in [0.05, 0.1) is 10.2 Å². The summed E-state index contributed by atoms with van der Waals surface area (Å²) in [5.41, 5.74) is 2.70. The molecule has 0 aliphatic rings. The van der Waals surface area contributed by atoms with Crippen LogP contribution in [0.3, 0.4) is 0 Å². The highest BCUT2D eigenvalue weighted by molar-refractivity contribution is 7.22. The van der Waals surface area contributed by atoms with Crippen LogP contribution in [0.15, 0.2) is 36.4 Å². The third kappa shape index (κ3) is 3.75. The maximum atomic E-state index is 12.0. The van der Waals surface area contributed by atoms with Crippen molar-refractivity contribution in [2.45, 2.75) is 13.5 Å². The van der Waals surface area contributed by atoms with E-state index < -0.39 is 0 Å². The fraction of sp³-hybridized carbons (Fsp3) is 0.125. The molecule has 0 saturated heterocycles. The van der Waals surface area contributed by atoms with E-state index in [4.69, 9.17) is 23.2 Å². The molecule has 0 atom stereocenters. The molecule has 2 amide bonds. The molecule has 0 bridgehead atoms. The highest BCUT2D eigenvalue weighted by Crippen LogP contribution is 2.31. The average molecular weight is 366 g/mol. The maximum Gasteiger partial charge on any atom is 0.321 e. The van der Waals surface area contributed by atoms with Crippen LogP contribution >= 0.6 is 34.5 Å². The van der Waals surface area contributed by atoms with Crippen LogP contribution in [0, 0.1) is 6.92 Å². The molecular formula is C16H13Cl2N3OS. The minimum atomic E-state index is -0.303. The second-order valence-electron chi connectivity index (χ2n) is 4.97. The molecule has 0 radical (unpaired) electrons. The van der Waals surface area contributed by atoms with Gasteiger partial charge >= 0.3 is 6.03 Å². The number of fused-ring (bicyclic) bond motifs is 1. The van der Waals surface area contributed by atoms with E-state index >= 15 is 0 Å². The van der Waals surface area contributed by atoms with Crippen LogP contribution in [0.1, 0.15) is 11.1 Å². The smallest absolute Gasteiger partial charge is 0.321 e. The van der Waals surface area contributed by atoms with Gasteiger partial charge in [-0.15, -0.1) is 0 Å². The van der Waals surface area contributed by atoms with Crippen molar-refractivity contribution in [3.05, 3.63) is 57.6 Å². The number of rotatable bonds is 3. The van der Waals surface area contributed by atoms with Crippen LogP contribution in [-0.4, -0.2) is 11.0 Å². The molecule has 7 heteroatoms. The van der Waals surface area contributed by atoms with Crippen molar-refractivity contribution in [1.82, 2.24) is 10.3 Å². The molecule has 0 fully saturated rings. The Labute approximate surface area is 147 Å². The molecule has 1 heterocycles. The van der Waals surface area contributed by atoms with Gasteiger partial charge in [-0.1, -0.05) is 46.7 Å². The van der Waals surface area contributed by atoms with Crippen LogP contribution in [0.4, 0.5) is 9.93 Å². The Morgan fingerprint density at radius 3 is 2.65 bits per heavy atom. The summed E-state index contributed by atoms with van der Waals surface area (Å²) in [7, 11) is 0. The van der Waals surface area contributed by atoms with Crippen molar-refractivity contribution < 1.29 is 4.79 Å². The van der Waals surface area contributed by atoms with Gasteiger partial charge in [0.2, 0.25) is 0 Å². The average Bonchev–Trinajstić information content (AvgIpc) is 2.94. The second kappa shape index (κ2) is 6.74. The minimum Gasteiger partial charge on any atom is -0.334 e.